The minimum absolute atomic E-state index is 0.629. The van der Waals surface area contributed by atoms with Crippen LogP contribution in [0.2, 0.25) is 5.02 Å². The molecule has 3 heterocycles. The molecule has 4 rings (SSSR count). The molecule has 1 aromatic carbocycles. The summed E-state index contributed by atoms with van der Waals surface area (Å²) in [6.07, 6.45) is 3.78. The number of hydrogen-bond acceptors (Lipinski definition) is 5. The molecule has 0 aliphatic carbocycles. The quantitative estimate of drug-likeness (QED) is 0.627. The van der Waals surface area contributed by atoms with Gasteiger partial charge < -0.3 is 5.32 Å². The van der Waals surface area contributed by atoms with Crippen molar-refractivity contribution in [3.63, 3.8) is 0 Å². The van der Waals surface area contributed by atoms with Gasteiger partial charge in [0, 0.05) is 18.3 Å². The number of rotatable bonds is 3. The summed E-state index contributed by atoms with van der Waals surface area (Å²) in [5, 5.41) is 8.32. The average molecular weight is 316 g/mol. The van der Waals surface area contributed by atoms with Crippen molar-refractivity contribution < 1.29 is 0 Å². The van der Waals surface area contributed by atoms with Gasteiger partial charge in [-0.25, -0.2) is 4.52 Å². The highest BCUT2D eigenvalue weighted by molar-refractivity contribution is 7.00. The van der Waals surface area contributed by atoms with Crippen molar-refractivity contribution in [1.29, 1.82) is 0 Å². The topological polar surface area (TPSA) is 55.1 Å². The van der Waals surface area contributed by atoms with E-state index in [1.165, 1.54) is 11.7 Å². The van der Waals surface area contributed by atoms with Gasteiger partial charge in [0.25, 0.3) is 0 Å². The molecule has 0 spiro atoms. The van der Waals surface area contributed by atoms with Crippen LogP contribution in [0.25, 0.3) is 16.6 Å². The Labute approximate surface area is 129 Å². The van der Waals surface area contributed by atoms with E-state index in [0.29, 0.717) is 11.6 Å². The van der Waals surface area contributed by atoms with Crippen LogP contribution >= 0.6 is 23.3 Å². The number of anilines is 1. The van der Waals surface area contributed by atoms with E-state index in [1.54, 1.807) is 0 Å². The van der Waals surface area contributed by atoms with Gasteiger partial charge in [0.15, 0.2) is 0 Å². The maximum absolute atomic E-state index is 6.27. The Kier molecular flexibility index (Phi) is 2.98. The summed E-state index contributed by atoms with van der Waals surface area (Å²) >= 11 is 7.46. The molecular weight excluding hydrogens is 306 g/mol. The van der Waals surface area contributed by atoms with Crippen LogP contribution in [0.5, 0.6) is 0 Å². The minimum atomic E-state index is 0.629. The lowest BCUT2D eigenvalue weighted by Gasteiger charge is -2.08. The number of benzene rings is 1. The lowest BCUT2D eigenvalue weighted by molar-refractivity contribution is 0.961. The van der Waals surface area contributed by atoms with Crippen LogP contribution in [-0.2, 0) is 6.54 Å². The monoisotopic (exact) mass is 315 g/mol. The molecule has 3 aromatic heterocycles. The molecule has 5 nitrogen and oxygen atoms in total. The Hall–Kier alpha value is -2.18. The minimum Gasteiger partial charge on any atom is -0.378 e. The van der Waals surface area contributed by atoms with E-state index >= 15 is 0 Å². The highest BCUT2D eigenvalue weighted by Gasteiger charge is 2.10. The fourth-order valence-corrected chi connectivity index (χ4v) is 3.06. The molecule has 4 aromatic rings. The van der Waals surface area contributed by atoms with E-state index in [2.05, 4.69) is 19.2 Å². The molecule has 0 bridgehead atoms. The zero-order chi connectivity index (χ0) is 14.2. The zero-order valence-electron chi connectivity index (χ0n) is 10.8. The standard InChI is InChI=1S/C14H10ClN5S/c15-10-4-5-11-14(19-21-18-11)13(10)16-7-9-8-17-20-6-2-1-3-12(9)20/h1-6,8,16H,7H2. The van der Waals surface area contributed by atoms with Gasteiger partial charge in [0.05, 0.1) is 34.2 Å². The first-order chi connectivity index (χ1) is 10.3. The normalized spacial score (nSPS) is 11.3. The van der Waals surface area contributed by atoms with Crippen LogP contribution in [0.15, 0.2) is 42.7 Å². The summed E-state index contributed by atoms with van der Waals surface area (Å²) in [6.45, 7) is 0.629. The lowest BCUT2D eigenvalue weighted by Crippen LogP contribution is -2.00. The summed E-state index contributed by atoms with van der Waals surface area (Å²) in [6, 6.07) is 9.70. The number of fused-ring (bicyclic) bond motifs is 2. The Balaban J connectivity index is 1.69. The van der Waals surface area contributed by atoms with Crippen LogP contribution in [0.1, 0.15) is 5.56 Å². The van der Waals surface area contributed by atoms with Crippen molar-refractivity contribution in [2.45, 2.75) is 6.54 Å². The van der Waals surface area contributed by atoms with Gasteiger partial charge in [-0.05, 0) is 24.3 Å². The Morgan fingerprint density at radius 2 is 2.14 bits per heavy atom. The molecule has 0 aliphatic rings. The van der Waals surface area contributed by atoms with Crippen molar-refractivity contribution in [2.24, 2.45) is 0 Å². The van der Waals surface area contributed by atoms with E-state index in [0.717, 1.165) is 27.8 Å². The van der Waals surface area contributed by atoms with E-state index in [4.69, 9.17) is 11.6 Å². The largest absolute Gasteiger partial charge is 0.378 e. The molecule has 0 radical (unpaired) electrons. The van der Waals surface area contributed by atoms with Crippen LogP contribution < -0.4 is 5.32 Å². The first-order valence-electron chi connectivity index (χ1n) is 6.39. The predicted molar refractivity (Wildman–Crippen MR) is 84.9 cm³/mol. The lowest BCUT2D eigenvalue weighted by atomic mass is 10.2. The van der Waals surface area contributed by atoms with Gasteiger partial charge in [-0.3, -0.25) is 0 Å². The second-order valence-corrected chi connectivity index (χ2v) is 5.54. The molecule has 7 heteroatoms. The average Bonchev–Trinajstić information content (AvgIpc) is 3.13. The fraction of sp³-hybridized carbons (Fsp3) is 0.0714. The Morgan fingerprint density at radius 3 is 3.10 bits per heavy atom. The number of halogens is 1. The van der Waals surface area contributed by atoms with Crippen LogP contribution in [-0.4, -0.2) is 18.4 Å². The van der Waals surface area contributed by atoms with Crippen LogP contribution in [0.4, 0.5) is 5.69 Å². The maximum atomic E-state index is 6.27. The highest BCUT2D eigenvalue weighted by atomic mass is 35.5. The molecule has 1 N–H and O–H groups in total. The predicted octanol–water partition coefficient (Wildman–Crippen LogP) is 3.60. The number of hydrogen-bond donors (Lipinski definition) is 1. The zero-order valence-corrected chi connectivity index (χ0v) is 12.4. The van der Waals surface area contributed by atoms with E-state index in [-0.39, 0.29) is 0 Å². The second-order valence-electron chi connectivity index (χ2n) is 4.61. The third-order valence-electron chi connectivity index (χ3n) is 3.34. The first-order valence-corrected chi connectivity index (χ1v) is 7.49. The van der Waals surface area contributed by atoms with Crippen molar-refractivity contribution in [3.8, 4) is 0 Å². The number of nitrogens with one attached hydrogen (secondary N) is 1. The van der Waals surface area contributed by atoms with Crippen molar-refractivity contribution in [3.05, 3.63) is 53.3 Å². The van der Waals surface area contributed by atoms with Crippen molar-refractivity contribution in [1.82, 2.24) is 18.4 Å². The van der Waals surface area contributed by atoms with Gasteiger partial charge in [-0.15, -0.1) is 0 Å². The molecular formula is C14H10ClN5S. The summed E-state index contributed by atoms with van der Waals surface area (Å²) in [4.78, 5) is 0. The number of nitrogens with zero attached hydrogens (tertiary/aromatic N) is 4. The highest BCUT2D eigenvalue weighted by Crippen LogP contribution is 2.30. The third kappa shape index (κ3) is 2.12. The van der Waals surface area contributed by atoms with Gasteiger partial charge in [-0.2, -0.15) is 13.8 Å². The maximum Gasteiger partial charge on any atom is 0.129 e. The van der Waals surface area contributed by atoms with Gasteiger partial charge >= 0.3 is 0 Å². The molecule has 0 unspecified atom stereocenters. The summed E-state index contributed by atoms with van der Waals surface area (Å²) in [7, 11) is 0. The van der Waals surface area contributed by atoms with E-state index in [9.17, 15) is 0 Å². The van der Waals surface area contributed by atoms with Gasteiger partial charge in [-0.1, -0.05) is 17.7 Å². The van der Waals surface area contributed by atoms with E-state index < -0.39 is 0 Å². The van der Waals surface area contributed by atoms with Crippen LogP contribution in [0.3, 0.4) is 0 Å². The molecule has 104 valence electrons. The first kappa shape index (κ1) is 12.6. The van der Waals surface area contributed by atoms with Crippen molar-refractivity contribution in [2.75, 3.05) is 5.32 Å². The van der Waals surface area contributed by atoms with Gasteiger partial charge in [0.2, 0.25) is 0 Å². The van der Waals surface area contributed by atoms with E-state index in [1.807, 2.05) is 47.2 Å². The molecule has 0 saturated carbocycles. The number of pyridine rings is 1. The summed E-state index contributed by atoms with van der Waals surface area (Å²) in [5.74, 6) is 0. The summed E-state index contributed by atoms with van der Waals surface area (Å²) < 4.78 is 10.4. The smallest absolute Gasteiger partial charge is 0.129 e. The molecule has 0 saturated heterocycles. The molecule has 0 fully saturated rings. The fourth-order valence-electron chi connectivity index (χ4n) is 2.30. The van der Waals surface area contributed by atoms with Crippen LogP contribution in [0, 0.1) is 0 Å². The van der Waals surface area contributed by atoms with Crippen molar-refractivity contribution >= 4 is 45.6 Å². The SMILES string of the molecule is Clc1ccc2nsnc2c1NCc1cnn2ccccc12. The second kappa shape index (κ2) is 4.98. The Morgan fingerprint density at radius 1 is 1.19 bits per heavy atom. The molecule has 0 atom stereocenters. The summed E-state index contributed by atoms with van der Waals surface area (Å²) in [5.41, 5.74) is 4.66. The molecule has 0 aliphatic heterocycles. The van der Waals surface area contributed by atoms with Gasteiger partial charge in [0.1, 0.15) is 11.0 Å². The third-order valence-corrected chi connectivity index (χ3v) is 4.20. The molecule has 0 amide bonds. The molecule has 21 heavy (non-hydrogen) atoms. The number of aromatic nitrogens is 4. The Bertz CT molecular complexity index is 929.